The first-order valence-electron chi connectivity index (χ1n) is 6.79. The van der Waals surface area contributed by atoms with Gasteiger partial charge < -0.3 is 0 Å². The number of sulfonamides is 1. The average molecular weight is 324 g/mol. The number of aromatic nitrogens is 1. The van der Waals surface area contributed by atoms with E-state index in [-0.39, 0.29) is 0 Å². The number of rotatable bonds is 5. The fraction of sp³-hybridized carbons (Fsp3) is 0.400. The van der Waals surface area contributed by atoms with Crippen LogP contribution < -0.4 is 4.72 Å². The van der Waals surface area contributed by atoms with Crippen molar-refractivity contribution in [3.63, 3.8) is 0 Å². The van der Waals surface area contributed by atoms with Crippen LogP contribution in [0.4, 0.5) is 0 Å². The zero-order valence-corrected chi connectivity index (χ0v) is 14.4. The average Bonchev–Trinajstić information content (AvgIpc) is 2.71. The summed E-state index contributed by atoms with van der Waals surface area (Å²) in [6, 6.07) is 5.18. The van der Waals surface area contributed by atoms with Crippen LogP contribution in [0.3, 0.4) is 0 Å². The Morgan fingerprint density at radius 2 is 1.86 bits per heavy atom. The Labute approximate surface area is 130 Å². The molecular weight excluding hydrogens is 304 g/mol. The molecule has 0 unspecified atom stereocenters. The molecule has 2 aromatic rings. The van der Waals surface area contributed by atoms with Crippen molar-refractivity contribution in [2.24, 2.45) is 0 Å². The summed E-state index contributed by atoms with van der Waals surface area (Å²) in [5.74, 6) is 0. The van der Waals surface area contributed by atoms with E-state index in [0.29, 0.717) is 17.9 Å². The van der Waals surface area contributed by atoms with Crippen molar-refractivity contribution >= 4 is 21.4 Å². The molecule has 21 heavy (non-hydrogen) atoms. The maximum absolute atomic E-state index is 12.2. The highest BCUT2D eigenvalue weighted by Crippen LogP contribution is 2.17. The monoisotopic (exact) mass is 324 g/mol. The summed E-state index contributed by atoms with van der Waals surface area (Å²) in [5, 5.41) is 0.966. The second-order valence-electron chi connectivity index (χ2n) is 5.14. The first-order valence-corrected chi connectivity index (χ1v) is 9.09. The number of thiazole rings is 1. The third-order valence-electron chi connectivity index (χ3n) is 3.49. The van der Waals surface area contributed by atoms with E-state index in [1.165, 1.54) is 4.88 Å². The largest absolute Gasteiger partial charge is 0.246 e. The molecule has 0 bridgehead atoms. The molecule has 0 saturated heterocycles. The summed E-state index contributed by atoms with van der Waals surface area (Å²) in [6.07, 6.45) is 0.615. The van der Waals surface area contributed by atoms with Gasteiger partial charge in [-0.15, -0.1) is 11.3 Å². The minimum atomic E-state index is -3.45. The van der Waals surface area contributed by atoms with Gasteiger partial charge in [0, 0.05) is 17.8 Å². The molecular formula is C15H20N2O2S2. The van der Waals surface area contributed by atoms with E-state index in [2.05, 4.69) is 9.71 Å². The van der Waals surface area contributed by atoms with Crippen LogP contribution in [-0.4, -0.2) is 19.9 Å². The van der Waals surface area contributed by atoms with E-state index in [1.54, 1.807) is 23.5 Å². The lowest BCUT2D eigenvalue weighted by atomic mass is 10.1. The van der Waals surface area contributed by atoms with Gasteiger partial charge in [-0.1, -0.05) is 6.07 Å². The molecule has 0 aliphatic heterocycles. The van der Waals surface area contributed by atoms with Gasteiger partial charge in [0.1, 0.15) is 0 Å². The van der Waals surface area contributed by atoms with Crippen LogP contribution in [0, 0.1) is 27.7 Å². The lowest BCUT2D eigenvalue weighted by Crippen LogP contribution is -2.26. The Bertz CT molecular complexity index is 730. The maximum atomic E-state index is 12.2. The molecule has 0 amide bonds. The van der Waals surface area contributed by atoms with E-state index in [9.17, 15) is 8.42 Å². The molecule has 4 nitrogen and oxygen atoms in total. The van der Waals surface area contributed by atoms with Crippen LogP contribution in [0.15, 0.2) is 23.1 Å². The fourth-order valence-corrected chi connectivity index (χ4v) is 3.95. The lowest BCUT2D eigenvalue weighted by molar-refractivity contribution is 0.581. The number of nitrogens with one attached hydrogen (secondary N) is 1. The standard InChI is InChI=1S/C15H20N2O2S2/c1-10-5-6-14(9-11(10)2)21(18,19)16-8-7-15-17-12(3)13(4)20-15/h5-6,9,16H,7-8H2,1-4H3. The molecule has 0 radical (unpaired) electrons. The second kappa shape index (κ2) is 6.25. The van der Waals surface area contributed by atoms with Gasteiger partial charge in [-0.05, 0) is 51.0 Å². The van der Waals surface area contributed by atoms with Crippen molar-refractivity contribution in [3.8, 4) is 0 Å². The second-order valence-corrected chi connectivity index (χ2v) is 8.20. The van der Waals surface area contributed by atoms with Crippen LogP contribution in [0.2, 0.25) is 0 Å². The number of aryl methyl sites for hydroxylation is 4. The molecule has 0 fully saturated rings. The van der Waals surface area contributed by atoms with E-state index >= 15 is 0 Å². The normalized spacial score (nSPS) is 11.8. The molecule has 0 saturated carbocycles. The van der Waals surface area contributed by atoms with Gasteiger partial charge in [0.2, 0.25) is 10.0 Å². The van der Waals surface area contributed by atoms with Gasteiger partial charge in [-0.3, -0.25) is 0 Å². The predicted octanol–water partition coefficient (Wildman–Crippen LogP) is 2.90. The molecule has 1 aromatic carbocycles. The summed E-state index contributed by atoms with van der Waals surface area (Å²) < 4.78 is 27.1. The van der Waals surface area contributed by atoms with Crippen LogP contribution >= 0.6 is 11.3 Å². The van der Waals surface area contributed by atoms with Crippen molar-refractivity contribution < 1.29 is 8.42 Å². The number of hydrogen-bond donors (Lipinski definition) is 1. The number of nitrogens with zero attached hydrogens (tertiary/aromatic N) is 1. The summed E-state index contributed by atoms with van der Waals surface area (Å²) >= 11 is 1.62. The molecule has 0 aliphatic rings. The fourth-order valence-electron chi connectivity index (χ4n) is 1.90. The van der Waals surface area contributed by atoms with Gasteiger partial charge in [-0.25, -0.2) is 18.1 Å². The lowest BCUT2D eigenvalue weighted by Gasteiger charge is -2.08. The minimum absolute atomic E-state index is 0.317. The maximum Gasteiger partial charge on any atom is 0.240 e. The van der Waals surface area contributed by atoms with Gasteiger partial charge in [-0.2, -0.15) is 0 Å². The Morgan fingerprint density at radius 1 is 1.14 bits per heavy atom. The first-order chi connectivity index (χ1) is 9.79. The van der Waals surface area contributed by atoms with E-state index in [0.717, 1.165) is 21.8 Å². The molecule has 6 heteroatoms. The van der Waals surface area contributed by atoms with E-state index < -0.39 is 10.0 Å². The van der Waals surface area contributed by atoms with Crippen molar-refractivity contribution in [1.82, 2.24) is 9.71 Å². The highest BCUT2D eigenvalue weighted by Gasteiger charge is 2.14. The van der Waals surface area contributed by atoms with Crippen molar-refractivity contribution in [3.05, 3.63) is 44.9 Å². The Morgan fingerprint density at radius 3 is 2.43 bits per heavy atom. The molecule has 114 valence electrons. The SMILES string of the molecule is Cc1ccc(S(=O)(=O)NCCc2nc(C)c(C)s2)cc1C. The minimum Gasteiger partial charge on any atom is -0.246 e. The quantitative estimate of drug-likeness (QED) is 0.920. The molecule has 1 heterocycles. The summed E-state index contributed by atoms with van der Waals surface area (Å²) in [4.78, 5) is 5.91. The predicted molar refractivity (Wildman–Crippen MR) is 86.4 cm³/mol. The first kappa shape index (κ1) is 16.1. The van der Waals surface area contributed by atoms with Gasteiger partial charge >= 0.3 is 0 Å². The van der Waals surface area contributed by atoms with Crippen molar-refractivity contribution in [2.45, 2.75) is 39.0 Å². The highest BCUT2D eigenvalue weighted by molar-refractivity contribution is 7.89. The summed E-state index contributed by atoms with van der Waals surface area (Å²) in [7, 11) is -3.45. The third-order valence-corrected chi connectivity index (χ3v) is 6.08. The topological polar surface area (TPSA) is 59.1 Å². The molecule has 1 N–H and O–H groups in total. The zero-order chi connectivity index (χ0) is 15.6. The summed E-state index contributed by atoms with van der Waals surface area (Å²) in [5.41, 5.74) is 3.08. The number of hydrogen-bond acceptors (Lipinski definition) is 4. The molecule has 2 rings (SSSR count). The van der Waals surface area contributed by atoms with Crippen LogP contribution in [0.1, 0.15) is 26.7 Å². The van der Waals surface area contributed by atoms with Crippen LogP contribution in [-0.2, 0) is 16.4 Å². The van der Waals surface area contributed by atoms with Crippen molar-refractivity contribution in [1.29, 1.82) is 0 Å². The van der Waals surface area contributed by atoms with E-state index in [4.69, 9.17) is 0 Å². The summed E-state index contributed by atoms with van der Waals surface area (Å²) in [6.45, 7) is 8.23. The smallest absolute Gasteiger partial charge is 0.240 e. The van der Waals surface area contributed by atoms with Gasteiger partial charge in [0.15, 0.2) is 0 Å². The Balaban J connectivity index is 2.02. The van der Waals surface area contributed by atoms with Crippen molar-refractivity contribution in [2.75, 3.05) is 6.54 Å². The van der Waals surface area contributed by atoms with Crippen LogP contribution in [0.25, 0.3) is 0 Å². The van der Waals surface area contributed by atoms with E-state index in [1.807, 2.05) is 33.8 Å². The van der Waals surface area contributed by atoms with Gasteiger partial charge in [0.25, 0.3) is 0 Å². The molecule has 1 aromatic heterocycles. The Kier molecular flexibility index (Phi) is 4.81. The zero-order valence-electron chi connectivity index (χ0n) is 12.7. The molecule has 0 aliphatic carbocycles. The molecule has 0 spiro atoms. The highest BCUT2D eigenvalue weighted by atomic mass is 32.2. The van der Waals surface area contributed by atoms with Crippen LogP contribution in [0.5, 0.6) is 0 Å². The molecule has 0 atom stereocenters. The Hall–Kier alpha value is -1.24. The third kappa shape index (κ3) is 3.90. The number of benzene rings is 1. The van der Waals surface area contributed by atoms with Gasteiger partial charge in [0.05, 0.1) is 15.6 Å².